The molecule has 0 atom stereocenters. The third-order valence-corrected chi connectivity index (χ3v) is 4.15. The maximum atomic E-state index is 12.1. The largest absolute Gasteiger partial charge is 0.465 e. The molecule has 1 amide bonds. The van der Waals surface area contributed by atoms with Crippen molar-refractivity contribution < 1.29 is 18.8 Å². The number of rotatable bonds is 7. The average Bonchev–Trinajstić information content (AvgIpc) is 3.30. The highest BCUT2D eigenvalue weighted by Crippen LogP contribution is 2.23. The van der Waals surface area contributed by atoms with Gasteiger partial charge in [-0.25, -0.2) is 0 Å². The van der Waals surface area contributed by atoms with Crippen LogP contribution in [0.1, 0.15) is 6.92 Å². The fraction of sp³-hybridized carbons (Fsp3) is 0.222. The molecular weight excluding hydrogens is 416 g/mol. The number of nitrogens with zero attached hydrogens (tertiary/aromatic N) is 3. The first kappa shape index (κ1) is 18.8. The zero-order valence-electron chi connectivity index (χ0n) is 14.5. The van der Waals surface area contributed by atoms with Crippen molar-refractivity contribution >= 4 is 27.8 Å². The second kappa shape index (κ2) is 8.63. The Morgan fingerprint density at radius 1 is 1.26 bits per heavy atom. The minimum atomic E-state index is -0.477. The van der Waals surface area contributed by atoms with E-state index in [-0.39, 0.29) is 25.6 Å². The van der Waals surface area contributed by atoms with E-state index in [1.807, 2.05) is 24.3 Å². The number of esters is 1. The van der Waals surface area contributed by atoms with Crippen LogP contribution in [0.4, 0.5) is 0 Å². The summed E-state index contributed by atoms with van der Waals surface area (Å²) in [6, 6.07) is 11.1. The molecule has 3 rings (SSSR count). The lowest BCUT2D eigenvalue weighted by atomic mass is 10.2. The number of aromatic nitrogens is 3. The molecule has 1 aromatic carbocycles. The Morgan fingerprint density at radius 3 is 2.78 bits per heavy atom. The fourth-order valence-corrected chi connectivity index (χ4v) is 2.65. The Bertz CT molecular complexity index is 933. The lowest BCUT2D eigenvalue weighted by Gasteiger charge is -2.07. The molecule has 2 heterocycles. The number of hydrogen-bond acceptors (Lipinski definition) is 6. The van der Waals surface area contributed by atoms with Crippen LogP contribution in [0.25, 0.3) is 23.0 Å². The summed E-state index contributed by atoms with van der Waals surface area (Å²) in [4.78, 5) is 27.8. The molecule has 140 valence electrons. The van der Waals surface area contributed by atoms with Crippen LogP contribution in [0, 0.1) is 0 Å². The van der Waals surface area contributed by atoms with E-state index >= 15 is 0 Å². The summed E-state index contributed by atoms with van der Waals surface area (Å²) in [5, 5.41) is 6.51. The maximum absolute atomic E-state index is 12.1. The van der Waals surface area contributed by atoms with Crippen LogP contribution < -0.4 is 5.32 Å². The van der Waals surface area contributed by atoms with Crippen molar-refractivity contribution in [2.75, 3.05) is 13.2 Å². The molecule has 0 aliphatic rings. The number of hydrogen-bond donors (Lipinski definition) is 1. The standard InChI is InChI=1S/C18H17BrN4O4/c1-2-26-16(25)10-20-15(24)11-23-9-3-4-14(23)18-21-17(22-27-18)12-5-7-13(19)8-6-12/h3-9H,2,10-11H2,1H3,(H,20,24). The van der Waals surface area contributed by atoms with Crippen molar-refractivity contribution in [3.63, 3.8) is 0 Å². The predicted octanol–water partition coefficient (Wildman–Crippen LogP) is 2.65. The van der Waals surface area contributed by atoms with Gasteiger partial charge in [-0.3, -0.25) is 9.59 Å². The minimum absolute atomic E-state index is 0.0116. The van der Waals surface area contributed by atoms with Crippen LogP contribution in [0.5, 0.6) is 0 Å². The highest BCUT2D eigenvalue weighted by Gasteiger charge is 2.16. The van der Waals surface area contributed by atoms with Gasteiger partial charge in [0.25, 0.3) is 5.89 Å². The van der Waals surface area contributed by atoms with Crippen LogP contribution in [-0.4, -0.2) is 39.7 Å². The van der Waals surface area contributed by atoms with E-state index in [0.717, 1.165) is 10.0 Å². The maximum Gasteiger partial charge on any atom is 0.325 e. The number of halogens is 1. The first-order valence-corrected chi connectivity index (χ1v) is 9.03. The molecule has 2 aromatic heterocycles. The topological polar surface area (TPSA) is 99.2 Å². The average molecular weight is 433 g/mol. The fourth-order valence-electron chi connectivity index (χ4n) is 2.38. The quantitative estimate of drug-likeness (QED) is 0.576. The Morgan fingerprint density at radius 2 is 2.04 bits per heavy atom. The van der Waals surface area contributed by atoms with Gasteiger partial charge >= 0.3 is 5.97 Å². The molecule has 0 bridgehead atoms. The van der Waals surface area contributed by atoms with Crippen molar-refractivity contribution in [2.45, 2.75) is 13.5 Å². The molecule has 0 saturated heterocycles. The van der Waals surface area contributed by atoms with Gasteiger partial charge in [0.1, 0.15) is 18.8 Å². The highest BCUT2D eigenvalue weighted by atomic mass is 79.9. The number of carbonyl (C=O) groups excluding carboxylic acids is 2. The number of benzene rings is 1. The molecule has 0 aliphatic heterocycles. The summed E-state index contributed by atoms with van der Waals surface area (Å²) in [5.74, 6) is -0.0455. The summed E-state index contributed by atoms with van der Waals surface area (Å²) >= 11 is 3.38. The van der Waals surface area contributed by atoms with Gasteiger partial charge in [0.05, 0.1) is 6.61 Å². The van der Waals surface area contributed by atoms with Crippen molar-refractivity contribution in [2.24, 2.45) is 0 Å². The van der Waals surface area contributed by atoms with Gasteiger partial charge in [0.15, 0.2) is 0 Å². The van der Waals surface area contributed by atoms with E-state index in [0.29, 0.717) is 17.4 Å². The van der Waals surface area contributed by atoms with E-state index in [2.05, 4.69) is 31.4 Å². The van der Waals surface area contributed by atoms with Crippen molar-refractivity contribution in [1.29, 1.82) is 0 Å². The molecule has 9 heteroatoms. The number of nitrogens with one attached hydrogen (secondary N) is 1. The third-order valence-electron chi connectivity index (χ3n) is 3.63. The highest BCUT2D eigenvalue weighted by molar-refractivity contribution is 9.10. The van der Waals surface area contributed by atoms with E-state index in [9.17, 15) is 9.59 Å². The molecule has 27 heavy (non-hydrogen) atoms. The van der Waals surface area contributed by atoms with Gasteiger partial charge in [-0.05, 0) is 43.3 Å². The molecule has 0 spiro atoms. The van der Waals surface area contributed by atoms with E-state index in [1.165, 1.54) is 0 Å². The molecule has 0 aliphatic carbocycles. The van der Waals surface area contributed by atoms with Gasteiger partial charge in [-0.2, -0.15) is 4.98 Å². The molecule has 0 radical (unpaired) electrons. The zero-order valence-corrected chi connectivity index (χ0v) is 16.1. The van der Waals surface area contributed by atoms with Crippen LogP contribution in [0.2, 0.25) is 0 Å². The minimum Gasteiger partial charge on any atom is -0.465 e. The van der Waals surface area contributed by atoms with Crippen LogP contribution >= 0.6 is 15.9 Å². The van der Waals surface area contributed by atoms with Crippen molar-refractivity contribution in [1.82, 2.24) is 20.0 Å². The van der Waals surface area contributed by atoms with E-state index in [4.69, 9.17) is 9.26 Å². The summed E-state index contributed by atoms with van der Waals surface area (Å²) in [6.45, 7) is 1.82. The van der Waals surface area contributed by atoms with Gasteiger partial charge in [0.2, 0.25) is 11.7 Å². The van der Waals surface area contributed by atoms with Crippen LogP contribution in [0.15, 0.2) is 51.6 Å². The second-order valence-corrected chi connectivity index (χ2v) is 6.45. The van der Waals surface area contributed by atoms with Crippen molar-refractivity contribution in [3.05, 3.63) is 47.1 Å². The number of carbonyl (C=O) groups is 2. The summed E-state index contributed by atoms with van der Waals surface area (Å²) in [5.41, 5.74) is 1.43. The summed E-state index contributed by atoms with van der Waals surface area (Å²) < 4.78 is 12.7. The number of ether oxygens (including phenoxy) is 1. The molecule has 0 unspecified atom stereocenters. The third kappa shape index (κ3) is 4.82. The molecule has 1 N–H and O–H groups in total. The number of amides is 1. The zero-order chi connectivity index (χ0) is 19.2. The SMILES string of the molecule is CCOC(=O)CNC(=O)Cn1cccc1-c1nc(-c2ccc(Br)cc2)no1. The first-order chi connectivity index (χ1) is 13.1. The Balaban J connectivity index is 1.69. The molecular formula is C18H17BrN4O4. The summed E-state index contributed by atoms with van der Waals surface area (Å²) in [7, 11) is 0. The van der Waals surface area contributed by atoms with E-state index < -0.39 is 5.97 Å². The molecule has 0 fully saturated rings. The van der Waals surface area contributed by atoms with Crippen LogP contribution in [0.3, 0.4) is 0 Å². The molecule has 3 aromatic rings. The Hall–Kier alpha value is -2.94. The van der Waals surface area contributed by atoms with Crippen molar-refractivity contribution in [3.8, 4) is 23.0 Å². The summed E-state index contributed by atoms with van der Waals surface area (Å²) in [6.07, 6.45) is 1.72. The van der Waals surface area contributed by atoms with Crippen LogP contribution in [-0.2, 0) is 20.9 Å². The smallest absolute Gasteiger partial charge is 0.325 e. The Labute approximate surface area is 163 Å². The normalized spacial score (nSPS) is 10.6. The van der Waals surface area contributed by atoms with Gasteiger partial charge in [0, 0.05) is 16.2 Å². The van der Waals surface area contributed by atoms with Gasteiger partial charge < -0.3 is 19.1 Å². The lowest BCUT2D eigenvalue weighted by Crippen LogP contribution is -2.33. The lowest BCUT2D eigenvalue weighted by molar-refractivity contribution is -0.143. The molecule has 0 saturated carbocycles. The first-order valence-electron chi connectivity index (χ1n) is 8.24. The molecule has 8 nitrogen and oxygen atoms in total. The predicted molar refractivity (Wildman–Crippen MR) is 101 cm³/mol. The van der Waals surface area contributed by atoms with Gasteiger partial charge in [-0.15, -0.1) is 0 Å². The Kier molecular flexibility index (Phi) is 6.02. The monoisotopic (exact) mass is 432 g/mol. The van der Waals surface area contributed by atoms with Gasteiger partial charge in [-0.1, -0.05) is 21.1 Å². The van der Waals surface area contributed by atoms with E-state index in [1.54, 1.807) is 29.8 Å². The second-order valence-electron chi connectivity index (χ2n) is 5.53.